The molecule has 2 rings (SSSR count). The van der Waals surface area contributed by atoms with E-state index in [0.717, 1.165) is 29.5 Å². The number of unbranched alkanes of at least 4 members (excludes halogenated alkanes) is 2. The molecule has 3 nitrogen and oxygen atoms in total. The highest BCUT2D eigenvalue weighted by Gasteiger charge is 2.17. The number of hydrogen-bond acceptors (Lipinski definition) is 3. The van der Waals surface area contributed by atoms with Gasteiger partial charge in [0.25, 0.3) is 0 Å². The molecule has 2 aromatic carbocycles. The summed E-state index contributed by atoms with van der Waals surface area (Å²) in [5.74, 6) is 0.0935. The highest BCUT2D eigenvalue weighted by Crippen LogP contribution is 2.28. The third-order valence-corrected chi connectivity index (χ3v) is 5.49. The number of aryl methyl sites for hydroxylation is 1. The van der Waals surface area contributed by atoms with Crippen LogP contribution in [-0.4, -0.2) is 5.97 Å². The molecule has 29 heavy (non-hydrogen) atoms. The van der Waals surface area contributed by atoms with E-state index in [1.54, 1.807) is 0 Å². The van der Waals surface area contributed by atoms with Crippen molar-refractivity contribution in [1.29, 1.82) is 5.26 Å². The van der Waals surface area contributed by atoms with E-state index in [-0.39, 0.29) is 5.97 Å². The quantitative estimate of drug-likeness (QED) is 0.324. The molecule has 0 spiro atoms. The average Bonchev–Trinajstić information content (AvgIpc) is 2.73. The van der Waals surface area contributed by atoms with Crippen LogP contribution in [0.4, 0.5) is 0 Å². The van der Waals surface area contributed by atoms with Gasteiger partial charge in [0.05, 0.1) is 11.6 Å². The summed E-state index contributed by atoms with van der Waals surface area (Å²) in [5, 5.41) is 9.63. The Morgan fingerprint density at radius 2 is 1.72 bits per heavy atom. The molecular weight excluding hydrogens is 358 g/mol. The van der Waals surface area contributed by atoms with Crippen LogP contribution in [0.15, 0.2) is 42.5 Å². The van der Waals surface area contributed by atoms with Crippen LogP contribution in [0.3, 0.4) is 0 Å². The predicted molar refractivity (Wildman–Crippen MR) is 118 cm³/mol. The summed E-state index contributed by atoms with van der Waals surface area (Å²) in [4.78, 5) is 12.1. The van der Waals surface area contributed by atoms with Crippen molar-refractivity contribution in [3.05, 3.63) is 59.2 Å². The lowest BCUT2D eigenvalue weighted by atomic mass is 9.96. The summed E-state index contributed by atoms with van der Waals surface area (Å²) in [5.41, 5.74) is 4.75. The zero-order chi connectivity index (χ0) is 21.2. The molecule has 0 aromatic heterocycles. The molecule has 0 heterocycles. The first-order valence-electron chi connectivity index (χ1n) is 10.8. The number of carbonyl (C=O) groups is 1. The van der Waals surface area contributed by atoms with Crippen LogP contribution >= 0.6 is 0 Å². The molecule has 0 aliphatic rings. The van der Waals surface area contributed by atoms with E-state index < -0.39 is 6.10 Å². The van der Waals surface area contributed by atoms with E-state index in [9.17, 15) is 10.1 Å². The molecule has 154 valence electrons. The van der Waals surface area contributed by atoms with Crippen molar-refractivity contribution in [3.8, 4) is 17.2 Å². The van der Waals surface area contributed by atoms with Gasteiger partial charge in [-0.25, -0.2) is 0 Å². The molecule has 0 N–H and O–H groups in total. The fourth-order valence-corrected chi connectivity index (χ4v) is 3.37. The third kappa shape index (κ3) is 6.75. The van der Waals surface area contributed by atoms with Crippen molar-refractivity contribution < 1.29 is 9.53 Å². The molecule has 0 amide bonds. The standard InChI is InChI=1S/C26H33NO2/c1-5-7-8-9-21-10-12-22(13-11-21)23-14-15-25(24(17-23)18-27)20(4)29-26(28)16-19(3)6-2/h10-15,17,19-20H,5-9,16H2,1-4H3. The summed E-state index contributed by atoms with van der Waals surface area (Å²) >= 11 is 0. The zero-order valence-electron chi connectivity index (χ0n) is 18.2. The minimum atomic E-state index is -0.434. The third-order valence-electron chi connectivity index (χ3n) is 5.49. The first kappa shape index (κ1) is 22.7. The van der Waals surface area contributed by atoms with Crippen molar-refractivity contribution in [2.75, 3.05) is 0 Å². The topological polar surface area (TPSA) is 50.1 Å². The highest BCUT2D eigenvalue weighted by molar-refractivity contribution is 5.70. The molecular formula is C26H33NO2. The smallest absolute Gasteiger partial charge is 0.306 e. The van der Waals surface area contributed by atoms with Gasteiger partial charge in [0, 0.05) is 12.0 Å². The Morgan fingerprint density at radius 3 is 2.34 bits per heavy atom. The number of nitrogens with zero attached hydrogens (tertiary/aromatic N) is 1. The molecule has 3 heteroatoms. The van der Waals surface area contributed by atoms with Gasteiger partial charge in [-0.3, -0.25) is 4.79 Å². The summed E-state index contributed by atoms with van der Waals surface area (Å²) in [7, 11) is 0. The molecule has 0 bridgehead atoms. The molecule has 2 aromatic rings. The Hall–Kier alpha value is -2.60. The van der Waals surface area contributed by atoms with Crippen LogP contribution in [-0.2, 0) is 16.0 Å². The van der Waals surface area contributed by atoms with Crippen LogP contribution in [0.1, 0.15) is 82.6 Å². The zero-order valence-corrected chi connectivity index (χ0v) is 18.2. The summed E-state index contributed by atoms with van der Waals surface area (Å²) < 4.78 is 5.57. The molecule has 0 saturated carbocycles. The fraction of sp³-hybridized carbons (Fsp3) is 0.462. The van der Waals surface area contributed by atoms with Crippen molar-refractivity contribution in [3.63, 3.8) is 0 Å². The van der Waals surface area contributed by atoms with Crippen LogP contribution in [0.5, 0.6) is 0 Å². The molecule has 0 radical (unpaired) electrons. The largest absolute Gasteiger partial charge is 0.458 e. The van der Waals surface area contributed by atoms with Crippen molar-refractivity contribution in [1.82, 2.24) is 0 Å². The first-order chi connectivity index (χ1) is 14.0. The summed E-state index contributed by atoms with van der Waals surface area (Å²) in [6, 6.07) is 16.6. The lowest BCUT2D eigenvalue weighted by Gasteiger charge is -2.17. The second-order valence-corrected chi connectivity index (χ2v) is 7.92. The Kier molecular flexibility index (Phi) is 8.93. The number of esters is 1. The number of carbonyl (C=O) groups excluding carboxylic acids is 1. The lowest BCUT2D eigenvalue weighted by molar-refractivity contribution is -0.149. The van der Waals surface area contributed by atoms with Crippen LogP contribution in [0.25, 0.3) is 11.1 Å². The van der Waals surface area contributed by atoms with Crippen molar-refractivity contribution in [2.24, 2.45) is 5.92 Å². The maximum atomic E-state index is 12.1. The van der Waals surface area contributed by atoms with E-state index in [4.69, 9.17) is 4.74 Å². The van der Waals surface area contributed by atoms with E-state index in [1.807, 2.05) is 32.0 Å². The van der Waals surface area contributed by atoms with Gasteiger partial charge in [-0.05, 0) is 48.4 Å². The van der Waals surface area contributed by atoms with Gasteiger partial charge in [0.1, 0.15) is 6.10 Å². The lowest BCUT2D eigenvalue weighted by Crippen LogP contribution is -2.12. The molecule has 2 atom stereocenters. The SMILES string of the molecule is CCCCCc1ccc(-c2ccc(C(C)OC(=O)CC(C)CC)c(C#N)c2)cc1. The number of rotatable bonds is 10. The predicted octanol–water partition coefficient (Wildman–Crippen LogP) is 7.00. The number of benzene rings is 2. The van der Waals surface area contributed by atoms with E-state index in [1.165, 1.54) is 24.8 Å². The van der Waals surface area contributed by atoms with Gasteiger partial charge in [0.2, 0.25) is 0 Å². The highest BCUT2D eigenvalue weighted by atomic mass is 16.5. The number of nitriles is 1. The summed E-state index contributed by atoms with van der Waals surface area (Å²) in [6.07, 6.45) is 5.73. The first-order valence-corrected chi connectivity index (χ1v) is 10.8. The van der Waals surface area contributed by atoms with Gasteiger partial charge in [-0.1, -0.05) is 76.4 Å². The Morgan fingerprint density at radius 1 is 1.03 bits per heavy atom. The van der Waals surface area contributed by atoms with Gasteiger partial charge < -0.3 is 4.74 Å². The molecule has 0 aliphatic heterocycles. The molecule has 2 unspecified atom stereocenters. The van der Waals surface area contributed by atoms with Gasteiger partial charge in [-0.15, -0.1) is 0 Å². The Bertz CT molecular complexity index is 833. The second kappa shape index (κ2) is 11.4. The number of ether oxygens (including phenoxy) is 1. The van der Waals surface area contributed by atoms with Crippen molar-refractivity contribution >= 4 is 5.97 Å². The van der Waals surface area contributed by atoms with Crippen LogP contribution in [0.2, 0.25) is 0 Å². The second-order valence-electron chi connectivity index (χ2n) is 7.92. The molecule has 0 aliphatic carbocycles. The van der Waals surface area contributed by atoms with Crippen molar-refractivity contribution in [2.45, 2.75) is 72.3 Å². The van der Waals surface area contributed by atoms with E-state index in [0.29, 0.717) is 17.9 Å². The minimum Gasteiger partial charge on any atom is -0.458 e. The maximum absolute atomic E-state index is 12.1. The monoisotopic (exact) mass is 391 g/mol. The van der Waals surface area contributed by atoms with E-state index >= 15 is 0 Å². The minimum absolute atomic E-state index is 0.210. The fourth-order valence-electron chi connectivity index (χ4n) is 3.37. The van der Waals surface area contributed by atoms with Crippen LogP contribution < -0.4 is 0 Å². The Balaban J connectivity index is 2.12. The van der Waals surface area contributed by atoms with Crippen LogP contribution in [0, 0.1) is 17.2 Å². The number of hydrogen-bond donors (Lipinski definition) is 0. The normalized spacial score (nSPS) is 12.8. The molecule has 0 fully saturated rings. The summed E-state index contributed by atoms with van der Waals surface area (Å²) in [6.45, 7) is 8.14. The maximum Gasteiger partial charge on any atom is 0.306 e. The van der Waals surface area contributed by atoms with Gasteiger partial charge in [-0.2, -0.15) is 5.26 Å². The van der Waals surface area contributed by atoms with Gasteiger partial charge in [0.15, 0.2) is 0 Å². The van der Waals surface area contributed by atoms with Gasteiger partial charge >= 0.3 is 5.97 Å². The average molecular weight is 392 g/mol. The molecule has 0 saturated heterocycles. The van der Waals surface area contributed by atoms with E-state index in [2.05, 4.69) is 44.2 Å². The Labute approximate surface area is 175 Å².